The first kappa shape index (κ1) is 15.9. The quantitative estimate of drug-likeness (QED) is 0.366. The number of nitrogens with one attached hydrogen (secondary N) is 2. The second kappa shape index (κ2) is 8.87. The zero-order valence-electron chi connectivity index (χ0n) is 11.7. The predicted octanol–water partition coefficient (Wildman–Crippen LogP) is 2.73. The van der Waals surface area contributed by atoms with Crippen LogP contribution in [-0.4, -0.2) is 24.5 Å². The predicted molar refractivity (Wildman–Crippen MR) is 89.1 cm³/mol. The molecule has 4 nitrogen and oxygen atoms in total. The molecule has 0 amide bonds. The number of allylic oxidation sites excluding steroid dienone is 1. The van der Waals surface area contributed by atoms with E-state index in [-0.39, 0.29) is 0 Å². The normalized spacial score (nSPS) is 11.2. The molecule has 0 atom stereocenters. The van der Waals surface area contributed by atoms with Crippen molar-refractivity contribution >= 4 is 29.1 Å². The number of rotatable bonds is 6. The van der Waals surface area contributed by atoms with Gasteiger partial charge >= 0.3 is 0 Å². The molecule has 1 aromatic carbocycles. The lowest BCUT2D eigenvalue weighted by atomic mass is 10.2. The minimum atomic E-state index is 0.474. The molecule has 5 heteroatoms. The second-order valence-corrected chi connectivity index (χ2v) is 4.38. The standard InChI is InChI=1S/C15H19N3OS/c1-4-11-16-15(20)18-17-12(2)5-6-13-7-9-14(19-3)10-8-13/h4-10H,1,11H2,2-3H3,(H2,16,18,20)/b6-5-,17-12+. The van der Waals surface area contributed by atoms with Crippen molar-refractivity contribution in [2.75, 3.05) is 13.7 Å². The van der Waals surface area contributed by atoms with Gasteiger partial charge in [-0.25, -0.2) is 0 Å². The van der Waals surface area contributed by atoms with Crippen LogP contribution < -0.4 is 15.5 Å². The van der Waals surface area contributed by atoms with Gasteiger partial charge in [0.1, 0.15) is 5.75 Å². The summed E-state index contributed by atoms with van der Waals surface area (Å²) in [5.74, 6) is 0.841. The molecule has 0 fully saturated rings. The van der Waals surface area contributed by atoms with Crippen LogP contribution in [0.25, 0.3) is 6.08 Å². The van der Waals surface area contributed by atoms with Gasteiger partial charge in [-0.2, -0.15) is 5.10 Å². The largest absolute Gasteiger partial charge is 0.497 e. The van der Waals surface area contributed by atoms with Gasteiger partial charge in [-0.05, 0) is 42.9 Å². The summed E-state index contributed by atoms with van der Waals surface area (Å²) in [6, 6.07) is 7.79. The first-order valence-electron chi connectivity index (χ1n) is 6.17. The van der Waals surface area contributed by atoms with Crippen molar-refractivity contribution in [2.45, 2.75) is 6.92 Å². The van der Waals surface area contributed by atoms with E-state index in [9.17, 15) is 0 Å². The van der Waals surface area contributed by atoms with Crippen molar-refractivity contribution in [3.63, 3.8) is 0 Å². The fraction of sp³-hybridized carbons (Fsp3) is 0.200. The summed E-state index contributed by atoms with van der Waals surface area (Å²) in [6.07, 6.45) is 5.61. The molecule has 0 aliphatic rings. The van der Waals surface area contributed by atoms with Crippen molar-refractivity contribution in [3.05, 3.63) is 48.6 Å². The van der Waals surface area contributed by atoms with E-state index in [4.69, 9.17) is 17.0 Å². The van der Waals surface area contributed by atoms with E-state index in [1.165, 1.54) is 0 Å². The van der Waals surface area contributed by atoms with Crippen molar-refractivity contribution in [1.29, 1.82) is 0 Å². The van der Waals surface area contributed by atoms with Gasteiger partial charge in [0.25, 0.3) is 0 Å². The van der Waals surface area contributed by atoms with Gasteiger partial charge in [-0.3, -0.25) is 5.43 Å². The molecule has 0 saturated carbocycles. The number of hydrogen-bond donors (Lipinski definition) is 2. The summed E-state index contributed by atoms with van der Waals surface area (Å²) < 4.78 is 5.11. The average molecular weight is 289 g/mol. The molecule has 106 valence electrons. The lowest BCUT2D eigenvalue weighted by Crippen LogP contribution is -2.32. The molecular formula is C15H19N3OS. The Morgan fingerprint density at radius 3 is 2.70 bits per heavy atom. The Morgan fingerprint density at radius 1 is 1.40 bits per heavy atom. The lowest BCUT2D eigenvalue weighted by molar-refractivity contribution is 0.415. The van der Waals surface area contributed by atoms with E-state index in [0.29, 0.717) is 11.7 Å². The van der Waals surface area contributed by atoms with Crippen LogP contribution in [0.1, 0.15) is 12.5 Å². The van der Waals surface area contributed by atoms with Gasteiger partial charge in [-0.15, -0.1) is 6.58 Å². The van der Waals surface area contributed by atoms with Crippen LogP contribution in [0, 0.1) is 0 Å². The molecular weight excluding hydrogens is 270 g/mol. The average Bonchev–Trinajstić information content (AvgIpc) is 2.49. The van der Waals surface area contributed by atoms with E-state index in [0.717, 1.165) is 17.0 Å². The summed E-state index contributed by atoms with van der Waals surface area (Å²) in [7, 11) is 1.65. The Morgan fingerprint density at radius 2 is 2.10 bits per heavy atom. The molecule has 0 radical (unpaired) electrons. The molecule has 0 unspecified atom stereocenters. The molecule has 0 bridgehead atoms. The molecule has 0 aromatic heterocycles. The van der Waals surface area contributed by atoms with Crippen LogP contribution in [0.4, 0.5) is 0 Å². The smallest absolute Gasteiger partial charge is 0.187 e. The number of nitrogens with zero attached hydrogens (tertiary/aromatic N) is 1. The Kier molecular flexibility index (Phi) is 7.06. The molecule has 0 saturated heterocycles. The second-order valence-electron chi connectivity index (χ2n) is 3.97. The Labute approximate surface area is 125 Å². The molecule has 1 rings (SSSR count). The molecule has 0 spiro atoms. The van der Waals surface area contributed by atoms with Crippen molar-refractivity contribution < 1.29 is 4.74 Å². The highest BCUT2D eigenvalue weighted by Gasteiger charge is 1.92. The maximum atomic E-state index is 5.11. The minimum Gasteiger partial charge on any atom is -0.497 e. The molecule has 0 aliphatic carbocycles. The highest BCUT2D eigenvalue weighted by molar-refractivity contribution is 7.80. The number of hydrazone groups is 1. The van der Waals surface area contributed by atoms with E-state index in [2.05, 4.69) is 22.4 Å². The number of thiocarbonyl (C=S) groups is 1. The van der Waals surface area contributed by atoms with E-state index in [1.54, 1.807) is 13.2 Å². The van der Waals surface area contributed by atoms with E-state index >= 15 is 0 Å². The highest BCUT2D eigenvalue weighted by Crippen LogP contribution is 2.12. The van der Waals surface area contributed by atoms with Crippen molar-refractivity contribution in [1.82, 2.24) is 10.7 Å². The van der Waals surface area contributed by atoms with Gasteiger partial charge in [0, 0.05) is 6.54 Å². The molecule has 1 aromatic rings. The zero-order valence-corrected chi connectivity index (χ0v) is 12.5. The molecule has 0 aliphatic heterocycles. The van der Waals surface area contributed by atoms with Crippen LogP contribution in [0.2, 0.25) is 0 Å². The van der Waals surface area contributed by atoms with Crippen LogP contribution in [0.3, 0.4) is 0 Å². The first-order valence-corrected chi connectivity index (χ1v) is 6.57. The van der Waals surface area contributed by atoms with Crippen molar-refractivity contribution in [3.8, 4) is 5.75 Å². The molecule has 0 heterocycles. The molecule has 2 N–H and O–H groups in total. The summed E-state index contributed by atoms with van der Waals surface area (Å²) in [4.78, 5) is 0. The lowest BCUT2D eigenvalue weighted by Gasteiger charge is -2.04. The van der Waals surface area contributed by atoms with Gasteiger partial charge < -0.3 is 10.1 Å². The van der Waals surface area contributed by atoms with Crippen LogP contribution in [0.5, 0.6) is 5.75 Å². The van der Waals surface area contributed by atoms with Gasteiger partial charge in [-0.1, -0.05) is 24.3 Å². The van der Waals surface area contributed by atoms with Crippen LogP contribution in [0.15, 0.2) is 48.1 Å². The third-order valence-electron chi connectivity index (χ3n) is 2.37. The topological polar surface area (TPSA) is 45.7 Å². The summed E-state index contributed by atoms with van der Waals surface area (Å²) >= 11 is 5.03. The fourth-order valence-electron chi connectivity index (χ4n) is 1.31. The highest BCUT2D eigenvalue weighted by atomic mass is 32.1. The molecule has 20 heavy (non-hydrogen) atoms. The van der Waals surface area contributed by atoms with Crippen LogP contribution in [-0.2, 0) is 0 Å². The minimum absolute atomic E-state index is 0.474. The number of hydrogen-bond acceptors (Lipinski definition) is 3. The van der Waals surface area contributed by atoms with Crippen LogP contribution >= 0.6 is 12.2 Å². The first-order chi connectivity index (χ1) is 9.65. The monoisotopic (exact) mass is 289 g/mol. The maximum absolute atomic E-state index is 5.11. The van der Waals surface area contributed by atoms with Crippen molar-refractivity contribution in [2.24, 2.45) is 5.10 Å². The Balaban J connectivity index is 2.50. The maximum Gasteiger partial charge on any atom is 0.187 e. The number of methoxy groups -OCH3 is 1. The zero-order chi connectivity index (χ0) is 14.8. The van der Waals surface area contributed by atoms with Gasteiger partial charge in [0.05, 0.1) is 12.8 Å². The van der Waals surface area contributed by atoms with Gasteiger partial charge in [0.2, 0.25) is 0 Å². The third-order valence-corrected chi connectivity index (χ3v) is 2.61. The van der Waals surface area contributed by atoms with E-state index in [1.807, 2.05) is 43.3 Å². The van der Waals surface area contributed by atoms with E-state index < -0.39 is 0 Å². The summed E-state index contributed by atoms with van der Waals surface area (Å²) in [5, 5.41) is 7.55. The number of ether oxygens (including phenoxy) is 1. The number of benzene rings is 1. The summed E-state index contributed by atoms with van der Waals surface area (Å²) in [5.41, 5.74) is 4.66. The fourth-order valence-corrected chi connectivity index (χ4v) is 1.44. The summed E-state index contributed by atoms with van der Waals surface area (Å²) in [6.45, 7) is 6.10. The SMILES string of the molecule is C=CCNC(=S)N/N=C(C)/C=C\c1ccc(OC)cc1. The van der Waals surface area contributed by atoms with Gasteiger partial charge in [0.15, 0.2) is 5.11 Å². The third kappa shape index (κ3) is 6.15. The Hall–Kier alpha value is -2.14. The Bertz CT molecular complexity index is 506.